The molecular weight excluding hydrogens is 428 g/mol. The van der Waals surface area contributed by atoms with Crippen LogP contribution in [0.1, 0.15) is 13.3 Å². The Hall–Kier alpha value is -2.65. The summed E-state index contributed by atoms with van der Waals surface area (Å²) in [6.07, 6.45) is 1.05. The number of rotatable bonds is 9. The van der Waals surface area contributed by atoms with Crippen LogP contribution >= 0.6 is 11.3 Å². The van der Waals surface area contributed by atoms with E-state index in [1.165, 1.54) is 0 Å². The van der Waals surface area contributed by atoms with Crippen LogP contribution < -0.4 is 24.8 Å². The summed E-state index contributed by atoms with van der Waals surface area (Å²) >= 11 is 1.65. The fourth-order valence-corrected chi connectivity index (χ4v) is 6.02. The van der Waals surface area contributed by atoms with Gasteiger partial charge in [0.25, 0.3) is 5.88 Å². The minimum atomic E-state index is 0.584. The van der Waals surface area contributed by atoms with Crippen molar-refractivity contribution >= 4 is 27.5 Å². The average Bonchev–Trinajstić information content (AvgIpc) is 3.22. The first kappa shape index (κ1) is 21.2. The van der Waals surface area contributed by atoms with Gasteiger partial charge in [0.05, 0.1) is 45.8 Å². The Morgan fingerprint density at radius 2 is 1.84 bits per heavy atom. The Morgan fingerprint density at radius 1 is 1.16 bits per heavy atom. The number of hydrogen-bond donors (Lipinski definition) is 1. The zero-order chi connectivity index (χ0) is 22.4. The molecule has 2 atom stereocenters. The minimum Gasteiger partial charge on any atom is -0.496 e. The fourth-order valence-electron chi connectivity index (χ4n) is 5.01. The van der Waals surface area contributed by atoms with E-state index < -0.39 is 0 Å². The Bertz CT molecular complexity index is 1090. The number of aromatic nitrogens is 2. The molecule has 0 spiro atoms. The van der Waals surface area contributed by atoms with Crippen molar-refractivity contribution in [3.63, 3.8) is 0 Å². The Morgan fingerprint density at radius 3 is 2.44 bits per heavy atom. The van der Waals surface area contributed by atoms with Gasteiger partial charge in [-0.2, -0.15) is 0 Å². The van der Waals surface area contributed by atoms with Crippen LogP contribution in [0.4, 0.5) is 11.4 Å². The van der Waals surface area contributed by atoms with Crippen molar-refractivity contribution in [1.82, 2.24) is 9.61 Å². The zero-order valence-electron chi connectivity index (χ0n) is 19.0. The summed E-state index contributed by atoms with van der Waals surface area (Å²) in [6, 6.07) is 3.61. The molecule has 2 N–H and O–H groups in total. The van der Waals surface area contributed by atoms with E-state index in [-0.39, 0.29) is 0 Å². The molecule has 1 aliphatic carbocycles. The molecule has 32 heavy (non-hydrogen) atoms. The molecule has 0 radical (unpaired) electrons. The van der Waals surface area contributed by atoms with E-state index in [2.05, 4.69) is 17.2 Å². The molecule has 1 saturated carbocycles. The lowest BCUT2D eigenvalue weighted by atomic mass is 10.1. The van der Waals surface area contributed by atoms with Crippen LogP contribution in [0, 0.1) is 17.8 Å². The molecule has 3 aromatic rings. The van der Waals surface area contributed by atoms with Crippen molar-refractivity contribution in [3.05, 3.63) is 17.5 Å². The molecule has 2 aliphatic rings. The topological polar surface area (TPSA) is 83.5 Å². The molecule has 8 nitrogen and oxygen atoms in total. The number of hydrogen-bond acceptors (Lipinski definition) is 8. The monoisotopic (exact) mass is 458 g/mol. The highest BCUT2D eigenvalue weighted by atomic mass is 32.1. The van der Waals surface area contributed by atoms with Crippen molar-refractivity contribution < 1.29 is 18.9 Å². The van der Waals surface area contributed by atoms with Crippen LogP contribution in [0.15, 0.2) is 17.5 Å². The maximum atomic E-state index is 6.04. The first-order chi connectivity index (χ1) is 15.6. The van der Waals surface area contributed by atoms with Gasteiger partial charge < -0.3 is 29.6 Å². The van der Waals surface area contributed by atoms with Gasteiger partial charge in [-0.1, -0.05) is 6.92 Å². The maximum absolute atomic E-state index is 6.04. The Balaban J connectivity index is 1.59. The lowest BCUT2D eigenvalue weighted by Crippen LogP contribution is -2.28. The maximum Gasteiger partial charge on any atom is 0.258 e. The molecule has 2 unspecified atom stereocenters. The molecule has 1 aliphatic heterocycles. The number of ether oxygens (including phenoxy) is 4. The van der Waals surface area contributed by atoms with Gasteiger partial charge in [-0.15, -0.1) is 16.4 Å². The normalized spacial score (nSPS) is 21.6. The van der Waals surface area contributed by atoms with Crippen molar-refractivity contribution in [2.45, 2.75) is 13.3 Å². The van der Waals surface area contributed by atoms with Crippen molar-refractivity contribution in [3.8, 4) is 28.6 Å². The van der Waals surface area contributed by atoms with Gasteiger partial charge in [-0.25, -0.2) is 4.52 Å². The van der Waals surface area contributed by atoms with Gasteiger partial charge in [0, 0.05) is 36.3 Å². The second-order valence-corrected chi connectivity index (χ2v) is 9.33. The van der Waals surface area contributed by atoms with Crippen LogP contribution in [-0.2, 0) is 4.74 Å². The Labute approximate surface area is 191 Å². The molecule has 9 heteroatoms. The molecule has 172 valence electrons. The number of methoxy groups -OCH3 is 3. The minimum absolute atomic E-state index is 0.584. The van der Waals surface area contributed by atoms with Crippen molar-refractivity contribution in [2.75, 3.05) is 58.3 Å². The van der Waals surface area contributed by atoms with Gasteiger partial charge >= 0.3 is 0 Å². The quantitative estimate of drug-likeness (QED) is 0.489. The standard InChI is InChI=1S/C23H30N4O4S/c1-5-6-26(9-14-15-10-31-11-16(14)15)21-22(30-4)25-27-17(12-32-23(21)27)20-18(28-2)7-13(24)8-19(20)29-3/h7-8,12,14-16H,5-6,9-11,24H2,1-4H3. The van der Waals surface area contributed by atoms with Crippen molar-refractivity contribution in [2.24, 2.45) is 17.8 Å². The SMILES string of the molecule is CCCN(CC1C2COCC21)c1c(OC)nn2c(-c3c(OC)cc(N)cc3OC)csc12. The third kappa shape index (κ3) is 3.34. The summed E-state index contributed by atoms with van der Waals surface area (Å²) in [4.78, 5) is 3.50. The summed E-state index contributed by atoms with van der Waals surface area (Å²) in [6.45, 7) is 5.97. The van der Waals surface area contributed by atoms with E-state index in [0.29, 0.717) is 40.8 Å². The third-order valence-electron chi connectivity index (χ3n) is 6.65. The number of benzene rings is 1. The van der Waals surface area contributed by atoms with E-state index in [1.807, 2.05) is 4.52 Å². The number of nitrogens with two attached hydrogens (primary N) is 1. The molecule has 1 aromatic carbocycles. The zero-order valence-corrected chi connectivity index (χ0v) is 19.8. The highest BCUT2D eigenvalue weighted by Crippen LogP contribution is 2.52. The number of anilines is 2. The number of nitrogen functional groups attached to an aromatic ring is 1. The van der Waals surface area contributed by atoms with E-state index in [9.17, 15) is 0 Å². The smallest absolute Gasteiger partial charge is 0.258 e. The first-order valence-corrected chi connectivity index (χ1v) is 11.9. The van der Waals surface area contributed by atoms with Gasteiger partial charge in [0.1, 0.15) is 22.0 Å². The number of thiazole rings is 1. The van der Waals surface area contributed by atoms with E-state index >= 15 is 0 Å². The van der Waals surface area contributed by atoms with Gasteiger partial charge in [0.15, 0.2) is 0 Å². The molecule has 1 saturated heterocycles. The van der Waals surface area contributed by atoms with Crippen LogP contribution in [-0.4, -0.2) is 57.2 Å². The molecule has 0 amide bonds. The first-order valence-electron chi connectivity index (χ1n) is 11.0. The predicted octanol–water partition coefficient (Wildman–Crippen LogP) is 3.78. The molecule has 0 bridgehead atoms. The lowest BCUT2D eigenvalue weighted by Gasteiger charge is -2.24. The van der Waals surface area contributed by atoms with Gasteiger partial charge in [-0.3, -0.25) is 0 Å². The molecule has 2 aromatic heterocycles. The van der Waals surface area contributed by atoms with E-state index in [4.69, 9.17) is 29.8 Å². The summed E-state index contributed by atoms with van der Waals surface area (Å²) in [5.41, 5.74) is 9.40. The fraction of sp³-hybridized carbons (Fsp3) is 0.522. The summed E-state index contributed by atoms with van der Waals surface area (Å²) in [5, 5.41) is 6.93. The summed E-state index contributed by atoms with van der Waals surface area (Å²) in [5.74, 6) is 4.03. The van der Waals surface area contributed by atoms with Crippen LogP contribution in [0.3, 0.4) is 0 Å². The molecule has 5 rings (SSSR count). The largest absolute Gasteiger partial charge is 0.496 e. The lowest BCUT2D eigenvalue weighted by molar-refractivity contribution is 0.152. The highest BCUT2D eigenvalue weighted by molar-refractivity contribution is 7.16. The van der Waals surface area contributed by atoms with E-state index in [0.717, 1.165) is 54.5 Å². The van der Waals surface area contributed by atoms with Gasteiger partial charge in [-0.05, 0) is 24.2 Å². The highest BCUT2D eigenvalue weighted by Gasteiger charge is 2.54. The third-order valence-corrected chi connectivity index (χ3v) is 7.58. The van der Waals surface area contributed by atoms with Crippen molar-refractivity contribution in [1.29, 1.82) is 0 Å². The summed E-state index contributed by atoms with van der Waals surface area (Å²) < 4.78 is 24.6. The average molecular weight is 459 g/mol. The molecule has 3 heterocycles. The predicted molar refractivity (Wildman–Crippen MR) is 126 cm³/mol. The Kier molecular flexibility index (Phi) is 5.54. The second-order valence-electron chi connectivity index (χ2n) is 8.47. The number of nitrogens with zero attached hydrogens (tertiary/aromatic N) is 3. The van der Waals surface area contributed by atoms with E-state index in [1.54, 1.807) is 44.8 Å². The summed E-state index contributed by atoms with van der Waals surface area (Å²) in [7, 11) is 4.95. The molecular formula is C23H30N4O4S. The molecule has 2 fully saturated rings. The van der Waals surface area contributed by atoms with Crippen LogP contribution in [0.5, 0.6) is 17.4 Å². The van der Waals surface area contributed by atoms with Crippen LogP contribution in [0.25, 0.3) is 16.1 Å². The van der Waals surface area contributed by atoms with Gasteiger partial charge in [0.2, 0.25) is 0 Å². The number of fused-ring (bicyclic) bond motifs is 2. The van der Waals surface area contributed by atoms with Crippen LogP contribution in [0.2, 0.25) is 0 Å². The second kappa shape index (κ2) is 8.37.